The van der Waals surface area contributed by atoms with Crippen LogP contribution in [0.4, 0.5) is 17.2 Å². The molecule has 2 N–H and O–H groups in total. The van der Waals surface area contributed by atoms with Crippen LogP contribution in [0.25, 0.3) is 0 Å². The van der Waals surface area contributed by atoms with E-state index in [4.69, 9.17) is 26.1 Å². The number of methoxy groups -OCH3 is 2. The molecule has 2 amide bonds. The summed E-state index contributed by atoms with van der Waals surface area (Å²) in [7, 11) is 3.09. The van der Waals surface area contributed by atoms with E-state index in [2.05, 4.69) is 15.7 Å². The number of carbonyl (C=O) groups excluding carboxylic acids is 2. The lowest BCUT2D eigenvalue weighted by Crippen LogP contribution is -2.39. The first kappa shape index (κ1) is 26.0. The molecule has 1 aliphatic heterocycles. The first-order valence-electron chi connectivity index (χ1n) is 12.2. The Balaban J connectivity index is 1.60. The molecule has 0 spiro atoms. The minimum atomic E-state index is -0.779. The molecule has 2 atom stereocenters. The summed E-state index contributed by atoms with van der Waals surface area (Å²) in [5, 5.41) is 10.9. The third-order valence-electron chi connectivity index (χ3n) is 6.50. The van der Waals surface area contributed by atoms with Crippen LogP contribution < -0.4 is 20.1 Å². The number of aromatic nitrogens is 2. The fraction of sp³-hybridized carbons (Fsp3) is 0.172. The Morgan fingerprint density at radius 3 is 2.31 bits per heavy atom. The molecule has 198 valence electrons. The van der Waals surface area contributed by atoms with Crippen molar-refractivity contribution in [2.24, 2.45) is 10.9 Å². The lowest BCUT2D eigenvalue weighted by Gasteiger charge is -2.32. The van der Waals surface area contributed by atoms with Gasteiger partial charge in [0, 0.05) is 27.7 Å². The van der Waals surface area contributed by atoms with Crippen LogP contribution in [0.15, 0.2) is 84.0 Å². The van der Waals surface area contributed by atoms with Gasteiger partial charge in [-0.2, -0.15) is 5.10 Å². The van der Waals surface area contributed by atoms with E-state index >= 15 is 0 Å². The summed E-state index contributed by atoms with van der Waals surface area (Å²) in [4.78, 5) is 31.7. The molecule has 4 aromatic rings. The monoisotopic (exact) mass is 543 g/mol. The molecule has 0 radical (unpaired) electrons. The number of fused-ring (bicyclic) bond motifs is 1. The van der Waals surface area contributed by atoms with Crippen molar-refractivity contribution in [2.45, 2.75) is 13.0 Å². The average Bonchev–Trinajstić information content (AvgIpc) is 3.37. The fourth-order valence-electron chi connectivity index (χ4n) is 4.70. The second-order valence-corrected chi connectivity index (χ2v) is 9.34. The molecule has 9 nitrogen and oxygen atoms in total. The van der Waals surface area contributed by atoms with Crippen LogP contribution in [0, 0.1) is 5.92 Å². The number of aliphatic imine (C=N–C) groups is 1. The maximum absolute atomic E-state index is 13.8. The Hall–Kier alpha value is -4.63. The van der Waals surface area contributed by atoms with Crippen molar-refractivity contribution in [1.29, 1.82) is 0 Å². The minimum absolute atomic E-state index is 0.279. The van der Waals surface area contributed by atoms with Gasteiger partial charge in [-0.3, -0.25) is 9.59 Å². The zero-order chi connectivity index (χ0) is 27.5. The Kier molecular flexibility index (Phi) is 7.33. The van der Waals surface area contributed by atoms with Gasteiger partial charge in [-0.05, 0) is 49.4 Å². The first-order chi connectivity index (χ1) is 18.9. The largest absolute Gasteiger partial charge is 0.493 e. The molecule has 10 heteroatoms. The van der Waals surface area contributed by atoms with Crippen molar-refractivity contribution >= 4 is 46.3 Å². The molecule has 0 bridgehead atoms. The second-order valence-electron chi connectivity index (χ2n) is 8.90. The van der Waals surface area contributed by atoms with Crippen LogP contribution >= 0.6 is 11.6 Å². The number of nitrogens with zero attached hydrogens (tertiary/aromatic N) is 3. The first-order valence-corrected chi connectivity index (χ1v) is 12.6. The van der Waals surface area contributed by atoms with E-state index < -0.39 is 12.0 Å². The molecule has 0 aliphatic carbocycles. The van der Waals surface area contributed by atoms with Gasteiger partial charge in [0.25, 0.3) is 5.91 Å². The van der Waals surface area contributed by atoms with Gasteiger partial charge in [-0.1, -0.05) is 41.9 Å². The summed E-state index contributed by atoms with van der Waals surface area (Å²) in [5.41, 5.74) is 2.68. The number of hydrogen-bond donors (Lipinski definition) is 2. The van der Waals surface area contributed by atoms with E-state index in [0.29, 0.717) is 45.0 Å². The normalized spacial score (nSPS) is 16.1. The number of amides is 2. The molecule has 1 aromatic heterocycles. The smallest absolute Gasteiger partial charge is 0.261 e. The van der Waals surface area contributed by atoms with E-state index in [9.17, 15) is 9.59 Å². The third kappa shape index (κ3) is 5.08. The van der Waals surface area contributed by atoms with Gasteiger partial charge in [0.2, 0.25) is 5.91 Å². The molecule has 39 heavy (non-hydrogen) atoms. The number of ether oxygens (including phenoxy) is 2. The van der Waals surface area contributed by atoms with Crippen LogP contribution in [0.2, 0.25) is 5.02 Å². The average molecular weight is 544 g/mol. The van der Waals surface area contributed by atoms with Crippen molar-refractivity contribution in [3.8, 4) is 11.5 Å². The van der Waals surface area contributed by atoms with E-state index in [1.165, 1.54) is 13.3 Å². The highest BCUT2D eigenvalue weighted by atomic mass is 35.5. The Labute approximate surface area is 230 Å². The highest BCUT2D eigenvalue weighted by molar-refractivity contribution is 6.30. The Morgan fingerprint density at radius 1 is 0.897 bits per heavy atom. The van der Waals surface area contributed by atoms with E-state index in [-0.39, 0.29) is 17.4 Å². The van der Waals surface area contributed by atoms with Crippen molar-refractivity contribution < 1.29 is 19.1 Å². The minimum Gasteiger partial charge on any atom is -0.493 e. The lowest BCUT2D eigenvalue weighted by molar-refractivity contribution is -0.118. The van der Waals surface area contributed by atoms with Gasteiger partial charge in [-0.15, -0.1) is 0 Å². The van der Waals surface area contributed by atoms with Gasteiger partial charge >= 0.3 is 0 Å². The molecule has 3 aromatic carbocycles. The summed E-state index contributed by atoms with van der Waals surface area (Å²) in [6, 6.07) is 20.7. The lowest BCUT2D eigenvalue weighted by atomic mass is 9.86. The number of halogens is 1. The van der Waals surface area contributed by atoms with E-state index in [0.717, 1.165) is 0 Å². The van der Waals surface area contributed by atoms with Gasteiger partial charge < -0.3 is 20.1 Å². The fourth-order valence-corrected chi connectivity index (χ4v) is 4.83. The number of nitrogens with one attached hydrogen (secondary N) is 2. The SMILES string of the molecule is COc1cccc(C2C(C(=O)Nc3ccc(Cl)cc3)C(C)=Nc3c(C(=O)Nc4ccccc4)cnn32)c1OC. The highest BCUT2D eigenvalue weighted by Gasteiger charge is 2.41. The van der Waals surface area contributed by atoms with Gasteiger partial charge in [0.15, 0.2) is 17.3 Å². The van der Waals surface area contributed by atoms with Crippen molar-refractivity contribution in [1.82, 2.24) is 9.78 Å². The van der Waals surface area contributed by atoms with E-state index in [1.54, 1.807) is 61.2 Å². The zero-order valence-corrected chi connectivity index (χ0v) is 22.3. The molecule has 0 fully saturated rings. The maximum atomic E-state index is 13.8. The van der Waals surface area contributed by atoms with Crippen molar-refractivity contribution in [3.63, 3.8) is 0 Å². The number of hydrogen-bond acceptors (Lipinski definition) is 6. The molecule has 1 aliphatic rings. The molecule has 5 rings (SSSR count). The molecular weight excluding hydrogens is 518 g/mol. The Bertz CT molecular complexity index is 1550. The van der Waals surface area contributed by atoms with Crippen molar-refractivity contribution in [3.05, 3.63) is 95.1 Å². The number of anilines is 2. The topological polar surface area (TPSA) is 107 Å². The molecular formula is C29H26ClN5O4. The summed E-state index contributed by atoms with van der Waals surface area (Å²) < 4.78 is 12.9. The Morgan fingerprint density at radius 2 is 1.62 bits per heavy atom. The van der Waals surface area contributed by atoms with E-state index in [1.807, 2.05) is 30.3 Å². The van der Waals surface area contributed by atoms with Crippen LogP contribution in [-0.4, -0.2) is 41.5 Å². The number of rotatable bonds is 7. The molecule has 0 saturated carbocycles. The van der Waals surface area contributed by atoms with Gasteiger partial charge in [-0.25, -0.2) is 9.67 Å². The predicted octanol–water partition coefficient (Wildman–Crippen LogP) is 5.76. The van der Waals surface area contributed by atoms with Crippen LogP contribution in [0.5, 0.6) is 11.5 Å². The van der Waals surface area contributed by atoms with Crippen LogP contribution in [-0.2, 0) is 4.79 Å². The van der Waals surface area contributed by atoms with Crippen molar-refractivity contribution in [2.75, 3.05) is 24.9 Å². The highest BCUT2D eigenvalue weighted by Crippen LogP contribution is 2.44. The summed E-state index contributed by atoms with van der Waals surface area (Å²) in [6.07, 6.45) is 1.46. The quantitative estimate of drug-likeness (QED) is 0.308. The molecule has 0 saturated heterocycles. The zero-order valence-electron chi connectivity index (χ0n) is 21.5. The number of benzene rings is 3. The second kappa shape index (κ2) is 11.0. The standard InChI is InChI=1S/C29H26ClN5O4/c1-17-24(29(37)34-20-14-12-18(30)13-15-20)25(21-10-7-11-23(38-2)26(21)39-3)35-27(32-17)22(16-31-35)28(36)33-19-8-5-4-6-9-19/h4-16,24-25H,1-3H3,(H,33,36)(H,34,37). The maximum Gasteiger partial charge on any atom is 0.261 e. The third-order valence-corrected chi connectivity index (χ3v) is 6.76. The van der Waals surface area contributed by atoms with Crippen LogP contribution in [0.1, 0.15) is 28.9 Å². The van der Waals surface area contributed by atoms with Gasteiger partial charge in [0.05, 0.1) is 26.5 Å². The van der Waals surface area contributed by atoms with Gasteiger partial charge in [0.1, 0.15) is 11.5 Å². The predicted molar refractivity (Wildman–Crippen MR) is 151 cm³/mol. The molecule has 2 heterocycles. The summed E-state index contributed by atoms with van der Waals surface area (Å²) >= 11 is 6.02. The number of para-hydroxylation sites is 2. The molecule has 2 unspecified atom stereocenters. The summed E-state index contributed by atoms with van der Waals surface area (Å²) in [6.45, 7) is 1.77. The van der Waals surface area contributed by atoms with Crippen LogP contribution in [0.3, 0.4) is 0 Å². The summed E-state index contributed by atoms with van der Waals surface area (Å²) in [5.74, 6) is -0.140. The number of carbonyl (C=O) groups is 2.